The van der Waals surface area contributed by atoms with Crippen LogP contribution in [0.15, 0.2) is 69.7 Å². The highest BCUT2D eigenvalue weighted by atomic mass is 79.9. The number of hydrogen-bond donors (Lipinski definition) is 2. The molecule has 0 aliphatic heterocycles. The molecule has 3 rings (SSSR count). The molecule has 132 valence electrons. The molecule has 2 amide bonds. The minimum Gasteiger partial charge on any atom is -0.350 e. The molecule has 1 aromatic heterocycles. The van der Waals surface area contributed by atoms with Crippen LogP contribution in [0.4, 0.5) is 0 Å². The summed E-state index contributed by atoms with van der Waals surface area (Å²) in [5.41, 5.74) is 2.02. The van der Waals surface area contributed by atoms with Crippen LogP contribution in [0.5, 0.6) is 0 Å². The lowest BCUT2D eigenvalue weighted by molar-refractivity contribution is 0.0903. The van der Waals surface area contributed by atoms with E-state index in [2.05, 4.69) is 31.7 Å². The molecule has 0 aliphatic carbocycles. The van der Waals surface area contributed by atoms with Crippen LogP contribution in [-0.2, 0) is 0 Å². The zero-order chi connectivity index (χ0) is 18.4. The smallest absolute Gasteiger partial charge is 0.289 e. The van der Waals surface area contributed by atoms with Crippen LogP contribution < -0.4 is 10.6 Å². The maximum atomic E-state index is 12.1. The largest absolute Gasteiger partial charge is 0.350 e. The predicted octanol–water partition coefficient (Wildman–Crippen LogP) is 3.26. The Morgan fingerprint density at radius 3 is 2.38 bits per heavy atom. The van der Waals surface area contributed by atoms with Crippen molar-refractivity contribution in [2.75, 3.05) is 13.1 Å². The van der Waals surface area contributed by atoms with Crippen molar-refractivity contribution in [3.63, 3.8) is 0 Å². The van der Waals surface area contributed by atoms with Gasteiger partial charge in [0, 0.05) is 34.8 Å². The summed E-state index contributed by atoms with van der Waals surface area (Å²) in [7, 11) is 0. The van der Waals surface area contributed by atoms with Gasteiger partial charge < -0.3 is 15.2 Å². The lowest BCUT2D eigenvalue weighted by Gasteiger charge is -2.06. The zero-order valence-corrected chi connectivity index (χ0v) is 15.3. The fourth-order valence-electron chi connectivity index (χ4n) is 2.30. The lowest BCUT2D eigenvalue weighted by Crippen LogP contribution is -2.34. The number of nitrogens with zero attached hydrogens (tertiary/aromatic N) is 1. The van der Waals surface area contributed by atoms with E-state index in [1.165, 1.54) is 0 Å². The molecule has 0 bridgehead atoms. The lowest BCUT2D eigenvalue weighted by atomic mass is 10.1. The number of amides is 2. The number of carbonyl (C=O) groups is 2. The summed E-state index contributed by atoms with van der Waals surface area (Å²) in [6.07, 6.45) is 0. The van der Waals surface area contributed by atoms with Crippen molar-refractivity contribution in [3.8, 4) is 11.3 Å². The van der Waals surface area contributed by atoms with E-state index in [-0.39, 0.29) is 24.1 Å². The molecule has 2 N–H and O–H groups in total. The van der Waals surface area contributed by atoms with Gasteiger partial charge in [-0.15, -0.1) is 0 Å². The van der Waals surface area contributed by atoms with E-state index in [0.29, 0.717) is 17.8 Å². The van der Waals surface area contributed by atoms with Gasteiger partial charge in [-0.25, -0.2) is 0 Å². The van der Waals surface area contributed by atoms with Gasteiger partial charge in [0.25, 0.3) is 11.8 Å². The molecule has 7 heteroatoms. The van der Waals surface area contributed by atoms with Crippen molar-refractivity contribution < 1.29 is 14.1 Å². The molecule has 0 atom stereocenters. The molecule has 0 unspecified atom stereocenters. The first kappa shape index (κ1) is 17.9. The standard InChI is InChI=1S/C19H16BrN3O3/c20-15-8-4-7-14(11-15)18(24)21-9-10-22-19(25)17-12-16(23-26-17)13-5-2-1-3-6-13/h1-8,11-12H,9-10H2,(H,21,24)(H,22,25). The van der Waals surface area contributed by atoms with Crippen LogP contribution >= 0.6 is 15.9 Å². The van der Waals surface area contributed by atoms with E-state index in [1.807, 2.05) is 36.4 Å². The summed E-state index contributed by atoms with van der Waals surface area (Å²) in [5, 5.41) is 9.33. The van der Waals surface area contributed by atoms with Crippen molar-refractivity contribution in [1.29, 1.82) is 0 Å². The maximum absolute atomic E-state index is 12.1. The summed E-state index contributed by atoms with van der Waals surface area (Å²) in [6.45, 7) is 0.580. The minimum atomic E-state index is -0.378. The average molecular weight is 414 g/mol. The van der Waals surface area contributed by atoms with Crippen molar-refractivity contribution in [1.82, 2.24) is 15.8 Å². The molecule has 0 saturated carbocycles. The molecule has 3 aromatic rings. The van der Waals surface area contributed by atoms with Crippen LogP contribution in [0.2, 0.25) is 0 Å². The molecular formula is C19H16BrN3O3. The van der Waals surface area contributed by atoms with Gasteiger partial charge in [0.05, 0.1) is 0 Å². The predicted molar refractivity (Wildman–Crippen MR) is 101 cm³/mol. The third-order valence-corrected chi connectivity index (χ3v) is 4.08. The number of hydrogen-bond acceptors (Lipinski definition) is 4. The van der Waals surface area contributed by atoms with Crippen LogP contribution in [0, 0.1) is 0 Å². The van der Waals surface area contributed by atoms with Crippen molar-refractivity contribution in [3.05, 3.63) is 76.5 Å². The highest BCUT2D eigenvalue weighted by Crippen LogP contribution is 2.18. The number of halogens is 1. The molecule has 2 aromatic carbocycles. The average Bonchev–Trinajstić information content (AvgIpc) is 3.16. The molecule has 26 heavy (non-hydrogen) atoms. The van der Waals surface area contributed by atoms with Crippen LogP contribution in [0.3, 0.4) is 0 Å². The highest BCUT2D eigenvalue weighted by Gasteiger charge is 2.13. The Morgan fingerprint density at radius 1 is 0.923 bits per heavy atom. The quantitative estimate of drug-likeness (QED) is 0.607. The van der Waals surface area contributed by atoms with Crippen molar-refractivity contribution >= 4 is 27.7 Å². The molecule has 6 nitrogen and oxygen atoms in total. The summed E-state index contributed by atoms with van der Waals surface area (Å²) in [5.74, 6) is -0.454. The monoisotopic (exact) mass is 413 g/mol. The van der Waals surface area contributed by atoms with Gasteiger partial charge >= 0.3 is 0 Å². The van der Waals surface area contributed by atoms with Gasteiger partial charge in [-0.05, 0) is 18.2 Å². The van der Waals surface area contributed by atoms with Gasteiger partial charge in [-0.3, -0.25) is 9.59 Å². The third-order valence-electron chi connectivity index (χ3n) is 3.59. The van der Waals surface area contributed by atoms with Crippen LogP contribution in [-0.4, -0.2) is 30.1 Å². The topological polar surface area (TPSA) is 84.2 Å². The third kappa shape index (κ3) is 4.58. The Balaban J connectivity index is 1.47. The first-order chi connectivity index (χ1) is 12.6. The van der Waals surface area contributed by atoms with E-state index in [9.17, 15) is 9.59 Å². The second-order valence-corrected chi connectivity index (χ2v) is 6.38. The van der Waals surface area contributed by atoms with E-state index < -0.39 is 0 Å². The van der Waals surface area contributed by atoms with E-state index >= 15 is 0 Å². The first-order valence-electron chi connectivity index (χ1n) is 7.97. The summed E-state index contributed by atoms with van der Waals surface area (Å²) in [6, 6.07) is 18.1. The van der Waals surface area contributed by atoms with Gasteiger partial charge in [0.1, 0.15) is 5.69 Å². The summed E-state index contributed by atoms with van der Waals surface area (Å²) < 4.78 is 5.92. The fourth-order valence-corrected chi connectivity index (χ4v) is 2.70. The number of benzene rings is 2. The molecule has 0 spiro atoms. The first-order valence-corrected chi connectivity index (χ1v) is 8.77. The highest BCUT2D eigenvalue weighted by molar-refractivity contribution is 9.10. The number of nitrogens with one attached hydrogen (secondary N) is 2. The second-order valence-electron chi connectivity index (χ2n) is 5.46. The van der Waals surface area contributed by atoms with E-state index in [1.54, 1.807) is 24.3 Å². The SMILES string of the molecule is O=C(NCCNC(=O)c1cc(-c2ccccc2)no1)c1cccc(Br)c1. The van der Waals surface area contributed by atoms with Gasteiger partial charge in [-0.1, -0.05) is 57.5 Å². The molecule has 0 fully saturated rings. The Morgan fingerprint density at radius 2 is 1.65 bits per heavy atom. The number of aromatic nitrogens is 1. The van der Waals surface area contributed by atoms with Gasteiger partial charge in [0.2, 0.25) is 5.76 Å². The Bertz CT molecular complexity index is 909. The van der Waals surface area contributed by atoms with Gasteiger partial charge in [0.15, 0.2) is 0 Å². The van der Waals surface area contributed by atoms with E-state index in [4.69, 9.17) is 4.52 Å². The Kier molecular flexibility index (Phi) is 5.80. The molecule has 1 heterocycles. The molecule has 0 radical (unpaired) electrons. The summed E-state index contributed by atoms with van der Waals surface area (Å²) >= 11 is 3.32. The fraction of sp³-hybridized carbons (Fsp3) is 0.105. The Hall–Kier alpha value is -2.93. The van der Waals surface area contributed by atoms with Crippen LogP contribution in [0.1, 0.15) is 20.9 Å². The van der Waals surface area contributed by atoms with Crippen molar-refractivity contribution in [2.45, 2.75) is 0 Å². The number of rotatable bonds is 6. The number of carbonyl (C=O) groups excluding carboxylic acids is 2. The molecule has 0 aliphatic rings. The zero-order valence-electron chi connectivity index (χ0n) is 13.7. The van der Waals surface area contributed by atoms with Gasteiger partial charge in [-0.2, -0.15) is 0 Å². The Labute approximate surface area is 158 Å². The van der Waals surface area contributed by atoms with Crippen molar-refractivity contribution in [2.24, 2.45) is 0 Å². The molecular weight excluding hydrogens is 398 g/mol. The van der Waals surface area contributed by atoms with E-state index in [0.717, 1.165) is 10.0 Å². The maximum Gasteiger partial charge on any atom is 0.289 e. The summed E-state index contributed by atoms with van der Waals surface area (Å²) in [4.78, 5) is 24.1. The minimum absolute atomic E-state index is 0.127. The second kappa shape index (κ2) is 8.44. The molecule has 0 saturated heterocycles. The normalized spacial score (nSPS) is 10.3. The van der Waals surface area contributed by atoms with Crippen LogP contribution in [0.25, 0.3) is 11.3 Å².